The average molecular weight is 402 g/mol. The lowest BCUT2D eigenvalue weighted by atomic mass is 10.0. The van der Waals surface area contributed by atoms with E-state index in [1.807, 2.05) is 17.0 Å². The third-order valence-corrected chi connectivity index (χ3v) is 5.35. The molecule has 2 N–H and O–H groups in total. The lowest BCUT2D eigenvalue weighted by Crippen LogP contribution is -2.33. The lowest BCUT2D eigenvalue weighted by molar-refractivity contribution is 0.438. The van der Waals surface area contributed by atoms with Gasteiger partial charge in [-0.15, -0.1) is 0 Å². The number of hydrogen-bond acceptors (Lipinski definition) is 7. The number of benzene rings is 1. The van der Waals surface area contributed by atoms with Crippen molar-refractivity contribution in [1.29, 1.82) is 0 Å². The summed E-state index contributed by atoms with van der Waals surface area (Å²) in [6, 6.07) is 11.0. The number of hydrogen-bond donors (Lipinski definition) is 2. The van der Waals surface area contributed by atoms with E-state index in [9.17, 15) is 14.7 Å². The van der Waals surface area contributed by atoms with Crippen LogP contribution in [0.5, 0.6) is 5.75 Å². The second-order valence-corrected chi connectivity index (χ2v) is 7.29. The smallest absolute Gasteiger partial charge is 0.347 e. The molecular weight excluding hydrogens is 384 g/mol. The molecule has 0 atom stereocenters. The summed E-state index contributed by atoms with van der Waals surface area (Å²) in [5, 5.41) is 10.4. The Morgan fingerprint density at radius 3 is 2.77 bits per heavy atom. The van der Waals surface area contributed by atoms with E-state index in [-0.39, 0.29) is 33.7 Å². The number of aromatic hydroxyl groups is 1. The Bertz CT molecular complexity index is 1410. The zero-order valence-electron chi connectivity index (χ0n) is 16.2. The van der Waals surface area contributed by atoms with Crippen LogP contribution in [-0.2, 0) is 13.0 Å². The largest absolute Gasteiger partial charge is 0.507 e. The molecule has 4 aromatic rings. The maximum atomic E-state index is 13.0. The van der Waals surface area contributed by atoms with Crippen LogP contribution in [0.15, 0.2) is 56.6 Å². The minimum atomic E-state index is -0.726. The van der Waals surface area contributed by atoms with Gasteiger partial charge in [0.2, 0.25) is 5.95 Å². The van der Waals surface area contributed by atoms with E-state index in [2.05, 4.69) is 27.1 Å². The first-order chi connectivity index (χ1) is 14.5. The van der Waals surface area contributed by atoms with Crippen molar-refractivity contribution in [3.05, 3.63) is 80.3 Å². The second kappa shape index (κ2) is 6.84. The lowest BCUT2D eigenvalue weighted by Gasteiger charge is -2.29. The van der Waals surface area contributed by atoms with Crippen LogP contribution in [0.1, 0.15) is 16.9 Å². The van der Waals surface area contributed by atoms with E-state index in [0.717, 1.165) is 6.42 Å². The maximum absolute atomic E-state index is 13.0. The first-order valence-corrected chi connectivity index (χ1v) is 9.56. The molecule has 150 valence electrons. The monoisotopic (exact) mass is 402 g/mol. The number of rotatable bonds is 2. The minimum absolute atomic E-state index is 0.0834. The van der Waals surface area contributed by atoms with Gasteiger partial charge in [0.05, 0.1) is 5.39 Å². The topological polar surface area (TPSA) is 112 Å². The molecule has 1 aromatic carbocycles. The van der Waals surface area contributed by atoms with Crippen molar-refractivity contribution < 1.29 is 9.52 Å². The van der Waals surface area contributed by atoms with Crippen LogP contribution in [0.3, 0.4) is 0 Å². The van der Waals surface area contributed by atoms with E-state index in [1.165, 1.54) is 29.5 Å². The van der Waals surface area contributed by atoms with Crippen molar-refractivity contribution in [3.8, 4) is 16.9 Å². The fraction of sp³-hybridized carbons (Fsp3) is 0.182. The molecule has 30 heavy (non-hydrogen) atoms. The van der Waals surface area contributed by atoms with Gasteiger partial charge in [-0.1, -0.05) is 24.3 Å². The molecule has 0 bridgehead atoms. The van der Waals surface area contributed by atoms with Gasteiger partial charge in [0.1, 0.15) is 17.1 Å². The second-order valence-electron chi connectivity index (χ2n) is 7.29. The zero-order valence-corrected chi connectivity index (χ0v) is 16.2. The van der Waals surface area contributed by atoms with E-state index in [0.29, 0.717) is 19.0 Å². The number of nitrogens with one attached hydrogen (secondary N) is 1. The van der Waals surface area contributed by atoms with Crippen molar-refractivity contribution in [3.63, 3.8) is 0 Å². The Morgan fingerprint density at radius 1 is 1.17 bits per heavy atom. The minimum Gasteiger partial charge on any atom is -0.507 e. The molecule has 5 rings (SSSR count). The highest BCUT2D eigenvalue weighted by Crippen LogP contribution is 2.30. The van der Waals surface area contributed by atoms with Gasteiger partial charge in [0.15, 0.2) is 5.65 Å². The van der Waals surface area contributed by atoms with Crippen molar-refractivity contribution in [2.45, 2.75) is 19.9 Å². The van der Waals surface area contributed by atoms with Gasteiger partial charge >= 0.3 is 5.63 Å². The Balaban J connectivity index is 1.64. The van der Waals surface area contributed by atoms with Crippen molar-refractivity contribution in [1.82, 2.24) is 15.0 Å². The third kappa shape index (κ3) is 2.93. The molecule has 1 aliphatic heterocycles. The molecule has 3 aromatic heterocycles. The summed E-state index contributed by atoms with van der Waals surface area (Å²) >= 11 is 0. The van der Waals surface area contributed by atoms with Crippen LogP contribution in [-0.4, -0.2) is 26.6 Å². The summed E-state index contributed by atoms with van der Waals surface area (Å²) in [5.41, 5.74) is 1.67. The van der Waals surface area contributed by atoms with Crippen molar-refractivity contribution in [2.24, 2.45) is 0 Å². The van der Waals surface area contributed by atoms with Gasteiger partial charge in [-0.2, -0.15) is 4.98 Å². The van der Waals surface area contributed by atoms with Crippen LogP contribution in [0.4, 0.5) is 5.95 Å². The number of pyridine rings is 1. The van der Waals surface area contributed by atoms with Crippen LogP contribution in [0.2, 0.25) is 0 Å². The summed E-state index contributed by atoms with van der Waals surface area (Å²) in [6.45, 7) is 2.91. The standard InChI is InChI=1S/C22H18N4O4/c1-12-10-16(27)17(21(29)30-12)15-6-8-23-19-18(15)20(28)25-22(24-19)26-9-7-13-4-2-3-5-14(13)11-26/h2-6,8,10,27H,7,9,11H2,1H3,(H,23,24,25,28). The SMILES string of the molecule is Cc1cc(O)c(-c2ccnc3nc(N4CCc5ccccc5C4)[nH]c(=O)c23)c(=O)o1. The van der Waals surface area contributed by atoms with Gasteiger partial charge < -0.3 is 14.4 Å². The van der Waals surface area contributed by atoms with Gasteiger partial charge in [0, 0.05) is 30.9 Å². The summed E-state index contributed by atoms with van der Waals surface area (Å²) in [4.78, 5) is 38.9. The van der Waals surface area contributed by atoms with Gasteiger partial charge in [-0.05, 0) is 30.5 Å². The Morgan fingerprint density at radius 2 is 1.97 bits per heavy atom. The third-order valence-electron chi connectivity index (χ3n) is 5.35. The number of H-pyrrole nitrogens is 1. The Hall–Kier alpha value is -3.94. The molecular formula is C22H18N4O4. The molecule has 0 aliphatic carbocycles. The first kappa shape index (κ1) is 18.1. The number of anilines is 1. The molecule has 8 heteroatoms. The number of aromatic nitrogens is 3. The van der Waals surface area contributed by atoms with Gasteiger partial charge in [-0.25, -0.2) is 9.78 Å². The fourth-order valence-corrected chi connectivity index (χ4v) is 3.93. The first-order valence-electron chi connectivity index (χ1n) is 9.56. The average Bonchev–Trinajstić information content (AvgIpc) is 2.72. The summed E-state index contributed by atoms with van der Waals surface area (Å²) in [6.07, 6.45) is 2.31. The Labute approximate surface area is 170 Å². The molecule has 4 heterocycles. The number of fused-ring (bicyclic) bond motifs is 2. The summed E-state index contributed by atoms with van der Waals surface area (Å²) in [7, 11) is 0. The molecule has 0 fully saturated rings. The Kier molecular flexibility index (Phi) is 4.13. The fourth-order valence-electron chi connectivity index (χ4n) is 3.93. The number of nitrogens with zero attached hydrogens (tertiary/aromatic N) is 3. The molecule has 0 saturated heterocycles. The van der Waals surface area contributed by atoms with E-state index in [1.54, 1.807) is 6.92 Å². The molecule has 0 amide bonds. The quantitative estimate of drug-likeness (QED) is 0.530. The van der Waals surface area contributed by atoms with Crippen LogP contribution in [0.25, 0.3) is 22.2 Å². The van der Waals surface area contributed by atoms with Gasteiger partial charge in [-0.3, -0.25) is 9.78 Å². The van der Waals surface area contributed by atoms with E-state index < -0.39 is 11.2 Å². The molecule has 0 saturated carbocycles. The molecule has 8 nitrogen and oxygen atoms in total. The predicted octanol–water partition coefficient (Wildman–Crippen LogP) is 2.52. The predicted molar refractivity (Wildman–Crippen MR) is 112 cm³/mol. The zero-order chi connectivity index (χ0) is 20.8. The summed E-state index contributed by atoms with van der Waals surface area (Å²) < 4.78 is 5.11. The molecule has 1 aliphatic rings. The highest BCUT2D eigenvalue weighted by atomic mass is 16.4. The van der Waals surface area contributed by atoms with Crippen LogP contribution >= 0.6 is 0 Å². The number of aromatic amines is 1. The summed E-state index contributed by atoms with van der Waals surface area (Å²) in [5.74, 6) is 0.443. The highest BCUT2D eigenvalue weighted by Gasteiger charge is 2.22. The normalized spacial score (nSPS) is 13.4. The van der Waals surface area contributed by atoms with Crippen LogP contribution in [0, 0.1) is 6.92 Å². The number of aryl methyl sites for hydroxylation is 1. The van der Waals surface area contributed by atoms with Crippen molar-refractivity contribution in [2.75, 3.05) is 11.4 Å². The van der Waals surface area contributed by atoms with E-state index in [4.69, 9.17) is 4.42 Å². The van der Waals surface area contributed by atoms with Gasteiger partial charge in [0.25, 0.3) is 5.56 Å². The van der Waals surface area contributed by atoms with Crippen molar-refractivity contribution >= 4 is 17.0 Å². The molecule has 0 spiro atoms. The molecule has 0 unspecified atom stereocenters. The highest BCUT2D eigenvalue weighted by molar-refractivity contribution is 5.93. The van der Waals surface area contributed by atoms with Crippen LogP contribution < -0.4 is 16.1 Å². The maximum Gasteiger partial charge on any atom is 0.347 e. The molecule has 0 radical (unpaired) electrons. The van der Waals surface area contributed by atoms with E-state index >= 15 is 0 Å².